The molecule has 0 spiro atoms. The summed E-state index contributed by atoms with van der Waals surface area (Å²) in [6, 6.07) is 24.3. The first-order valence-corrected chi connectivity index (χ1v) is 9.10. The van der Waals surface area contributed by atoms with Gasteiger partial charge in [-0.25, -0.2) is 16.3 Å². The predicted octanol–water partition coefficient (Wildman–Crippen LogP) is 3.29. The summed E-state index contributed by atoms with van der Waals surface area (Å²) in [5, 5.41) is 6.63. The van der Waals surface area contributed by atoms with Gasteiger partial charge in [-0.15, -0.1) is 0 Å². The zero-order valence-electron chi connectivity index (χ0n) is 15.1. The second-order valence-electron chi connectivity index (χ2n) is 6.78. The Morgan fingerprint density at radius 1 is 0.963 bits per heavy atom. The van der Waals surface area contributed by atoms with Crippen molar-refractivity contribution >= 4 is 22.4 Å². The standard InChI is InChI=1S/C22H22N4O/c1-15(18-12-11-16-7-5-6-10-19(16)13-18)23-26-22(27)21-14-20(24-25-21)17-8-3-2-4-9-17/h2-13,20-21,24-25H,14H2,1H3,(H,26,27)/b23-15+. The summed E-state index contributed by atoms with van der Waals surface area (Å²) in [5.74, 6) is -0.138. The van der Waals surface area contributed by atoms with Gasteiger partial charge in [0, 0.05) is 6.04 Å². The first-order chi connectivity index (χ1) is 13.2. The molecule has 3 N–H and O–H groups in total. The van der Waals surface area contributed by atoms with Gasteiger partial charge in [0.2, 0.25) is 0 Å². The smallest absolute Gasteiger partial charge is 0.258 e. The first kappa shape index (κ1) is 17.4. The molecule has 1 heterocycles. The molecule has 0 radical (unpaired) electrons. The Morgan fingerprint density at radius 2 is 1.70 bits per heavy atom. The molecule has 0 aliphatic carbocycles. The number of fused-ring (bicyclic) bond motifs is 1. The van der Waals surface area contributed by atoms with Gasteiger partial charge in [-0.1, -0.05) is 66.7 Å². The van der Waals surface area contributed by atoms with Gasteiger partial charge in [-0.3, -0.25) is 4.79 Å². The summed E-state index contributed by atoms with van der Waals surface area (Å²) >= 11 is 0. The van der Waals surface area contributed by atoms with Crippen molar-refractivity contribution in [2.45, 2.75) is 25.4 Å². The van der Waals surface area contributed by atoms with Gasteiger partial charge in [0.15, 0.2) is 0 Å². The highest BCUT2D eigenvalue weighted by molar-refractivity contribution is 6.02. The molecule has 3 aromatic rings. The normalized spacial score (nSPS) is 20.0. The number of rotatable bonds is 4. The van der Waals surface area contributed by atoms with Gasteiger partial charge in [-0.2, -0.15) is 5.10 Å². The average Bonchev–Trinajstić information content (AvgIpc) is 3.22. The molecular weight excluding hydrogens is 336 g/mol. The predicted molar refractivity (Wildman–Crippen MR) is 108 cm³/mol. The lowest BCUT2D eigenvalue weighted by Crippen LogP contribution is -2.41. The van der Waals surface area contributed by atoms with Gasteiger partial charge >= 0.3 is 0 Å². The van der Waals surface area contributed by atoms with E-state index in [0.29, 0.717) is 6.42 Å². The Hall–Kier alpha value is -3.02. The molecule has 3 aromatic carbocycles. The molecule has 4 rings (SSSR count). The van der Waals surface area contributed by atoms with E-state index in [9.17, 15) is 4.79 Å². The number of hydrogen-bond donors (Lipinski definition) is 3. The van der Waals surface area contributed by atoms with Crippen LogP contribution in [0, 0.1) is 0 Å². The van der Waals surface area contributed by atoms with E-state index in [1.54, 1.807) is 0 Å². The fourth-order valence-corrected chi connectivity index (χ4v) is 3.33. The maximum atomic E-state index is 12.4. The van der Waals surface area contributed by atoms with Crippen molar-refractivity contribution in [2.24, 2.45) is 5.10 Å². The number of hydrazine groups is 1. The highest BCUT2D eigenvalue weighted by Gasteiger charge is 2.29. The zero-order chi connectivity index (χ0) is 18.6. The maximum Gasteiger partial charge on any atom is 0.258 e. The van der Waals surface area contributed by atoms with E-state index in [2.05, 4.69) is 57.8 Å². The highest BCUT2D eigenvalue weighted by atomic mass is 16.2. The van der Waals surface area contributed by atoms with Crippen molar-refractivity contribution in [2.75, 3.05) is 0 Å². The quantitative estimate of drug-likeness (QED) is 0.495. The van der Waals surface area contributed by atoms with Crippen LogP contribution in [0.3, 0.4) is 0 Å². The zero-order valence-corrected chi connectivity index (χ0v) is 15.1. The van der Waals surface area contributed by atoms with E-state index in [1.165, 1.54) is 5.39 Å². The van der Waals surface area contributed by atoms with E-state index in [4.69, 9.17) is 0 Å². The number of carbonyl (C=O) groups excluding carboxylic acids is 1. The molecule has 5 heteroatoms. The SMILES string of the molecule is C/C(=N\NC(=O)C1CC(c2ccccc2)NN1)c1ccc2ccccc2c1. The van der Waals surface area contributed by atoms with Gasteiger partial charge in [0.1, 0.15) is 6.04 Å². The monoisotopic (exact) mass is 358 g/mol. The largest absolute Gasteiger partial charge is 0.271 e. The van der Waals surface area contributed by atoms with Crippen LogP contribution in [0.2, 0.25) is 0 Å². The van der Waals surface area contributed by atoms with E-state index >= 15 is 0 Å². The number of hydrazone groups is 1. The number of amides is 1. The Morgan fingerprint density at radius 3 is 2.52 bits per heavy atom. The number of nitrogens with zero attached hydrogens (tertiary/aromatic N) is 1. The maximum absolute atomic E-state index is 12.4. The van der Waals surface area contributed by atoms with Crippen LogP contribution in [-0.4, -0.2) is 17.7 Å². The lowest BCUT2D eigenvalue weighted by atomic mass is 10.0. The van der Waals surface area contributed by atoms with Crippen molar-refractivity contribution in [3.05, 3.63) is 83.9 Å². The van der Waals surface area contributed by atoms with E-state index < -0.39 is 0 Å². The van der Waals surface area contributed by atoms with Crippen molar-refractivity contribution < 1.29 is 4.79 Å². The van der Waals surface area contributed by atoms with E-state index in [0.717, 1.165) is 22.2 Å². The lowest BCUT2D eigenvalue weighted by Gasteiger charge is -2.09. The molecule has 2 unspecified atom stereocenters. The Kier molecular flexibility index (Phi) is 4.96. The van der Waals surface area contributed by atoms with Crippen molar-refractivity contribution in [1.29, 1.82) is 0 Å². The van der Waals surface area contributed by atoms with Crippen LogP contribution in [-0.2, 0) is 4.79 Å². The number of nitrogens with one attached hydrogen (secondary N) is 3. The number of carbonyl (C=O) groups is 1. The highest BCUT2D eigenvalue weighted by Crippen LogP contribution is 2.22. The van der Waals surface area contributed by atoms with Gasteiger partial charge in [0.25, 0.3) is 5.91 Å². The molecule has 136 valence electrons. The van der Waals surface area contributed by atoms with Crippen LogP contribution in [0.25, 0.3) is 10.8 Å². The van der Waals surface area contributed by atoms with Crippen molar-refractivity contribution in [3.8, 4) is 0 Å². The Balaban J connectivity index is 1.40. The van der Waals surface area contributed by atoms with Gasteiger partial charge in [0.05, 0.1) is 5.71 Å². The molecule has 0 aromatic heterocycles. The van der Waals surface area contributed by atoms with Gasteiger partial charge < -0.3 is 0 Å². The Bertz CT molecular complexity index is 984. The molecule has 1 aliphatic heterocycles. The molecule has 1 saturated heterocycles. The Labute approximate surface area is 158 Å². The molecule has 1 aliphatic rings. The van der Waals surface area contributed by atoms with Crippen LogP contribution < -0.4 is 16.3 Å². The van der Waals surface area contributed by atoms with Crippen LogP contribution in [0.1, 0.15) is 30.5 Å². The molecule has 0 saturated carbocycles. The molecule has 0 bridgehead atoms. The minimum absolute atomic E-state index is 0.118. The third kappa shape index (κ3) is 3.89. The average molecular weight is 358 g/mol. The molecule has 1 fully saturated rings. The van der Waals surface area contributed by atoms with E-state index in [1.807, 2.05) is 43.3 Å². The molecule has 1 amide bonds. The van der Waals surface area contributed by atoms with Crippen molar-refractivity contribution in [3.63, 3.8) is 0 Å². The summed E-state index contributed by atoms with van der Waals surface area (Å²) in [6.45, 7) is 1.90. The van der Waals surface area contributed by atoms with Crippen molar-refractivity contribution in [1.82, 2.24) is 16.3 Å². The topological polar surface area (TPSA) is 65.5 Å². The first-order valence-electron chi connectivity index (χ1n) is 9.10. The summed E-state index contributed by atoms with van der Waals surface area (Å²) in [5.41, 5.74) is 11.9. The third-order valence-corrected chi connectivity index (χ3v) is 4.92. The van der Waals surface area contributed by atoms with Crippen LogP contribution in [0.15, 0.2) is 77.9 Å². The third-order valence-electron chi connectivity index (χ3n) is 4.92. The summed E-state index contributed by atoms with van der Waals surface area (Å²) in [7, 11) is 0. The second-order valence-corrected chi connectivity index (χ2v) is 6.78. The fourth-order valence-electron chi connectivity index (χ4n) is 3.33. The lowest BCUT2D eigenvalue weighted by molar-refractivity contribution is -0.122. The molecular formula is C22H22N4O. The van der Waals surface area contributed by atoms with Crippen LogP contribution >= 0.6 is 0 Å². The molecule has 5 nitrogen and oxygen atoms in total. The van der Waals surface area contributed by atoms with Crippen LogP contribution in [0.4, 0.5) is 0 Å². The molecule has 27 heavy (non-hydrogen) atoms. The summed E-state index contributed by atoms with van der Waals surface area (Å²) < 4.78 is 0. The molecule has 2 atom stereocenters. The number of benzene rings is 3. The van der Waals surface area contributed by atoms with Crippen LogP contribution in [0.5, 0.6) is 0 Å². The minimum atomic E-state index is -0.316. The summed E-state index contributed by atoms with van der Waals surface area (Å²) in [6.07, 6.45) is 0.681. The fraction of sp³-hybridized carbons (Fsp3) is 0.182. The minimum Gasteiger partial charge on any atom is -0.271 e. The van der Waals surface area contributed by atoms with Gasteiger partial charge in [-0.05, 0) is 41.3 Å². The van der Waals surface area contributed by atoms with E-state index in [-0.39, 0.29) is 18.0 Å². The second kappa shape index (κ2) is 7.70. The number of hydrogen-bond acceptors (Lipinski definition) is 4. The summed E-state index contributed by atoms with van der Waals surface area (Å²) in [4.78, 5) is 12.4.